The highest BCUT2D eigenvalue weighted by Gasteiger charge is 2.47. The van der Waals surface area contributed by atoms with Gasteiger partial charge in [-0.2, -0.15) is 0 Å². The van der Waals surface area contributed by atoms with Crippen molar-refractivity contribution in [2.45, 2.75) is 12.8 Å². The van der Waals surface area contributed by atoms with Crippen molar-refractivity contribution in [2.75, 3.05) is 0 Å². The third kappa shape index (κ3) is 1.15. The Morgan fingerprint density at radius 3 is 2.09 bits per heavy atom. The number of allylic oxidation sites excluding steroid dienone is 4. The lowest BCUT2D eigenvalue weighted by atomic mass is 10.1. The number of rotatable bonds is 1. The van der Waals surface area contributed by atoms with E-state index in [4.69, 9.17) is 0 Å². The Bertz CT molecular complexity index is 195. The summed E-state index contributed by atoms with van der Waals surface area (Å²) in [5.74, 6) is 1.68. The van der Waals surface area contributed by atoms with E-state index in [0.717, 1.165) is 19.1 Å². The van der Waals surface area contributed by atoms with E-state index in [1.807, 2.05) is 0 Å². The Morgan fingerprint density at radius 1 is 1.09 bits per heavy atom. The van der Waals surface area contributed by atoms with E-state index in [1.165, 1.54) is 0 Å². The summed E-state index contributed by atoms with van der Waals surface area (Å²) in [4.78, 5) is 10.5. The molecule has 0 spiro atoms. The van der Waals surface area contributed by atoms with Crippen LogP contribution in [-0.2, 0) is 4.79 Å². The van der Waals surface area contributed by atoms with Crippen LogP contribution in [0.15, 0.2) is 24.3 Å². The summed E-state index contributed by atoms with van der Waals surface area (Å²) in [6, 6.07) is 0. The summed E-state index contributed by atoms with van der Waals surface area (Å²) >= 11 is 0. The van der Waals surface area contributed by atoms with E-state index < -0.39 is 0 Å². The summed E-state index contributed by atoms with van der Waals surface area (Å²) in [5, 5.41) is 0. The largest absolute Gasteiger partial charge is 0.303 e. The van der Waals surface area contributed by atoms with E-state index in [9.17, 15) is 4.79 Å². The molecular formula is C10H12O. The fraction of sp³-hybridized carbons (Fsp3) is 0.500. The molecular weight excluding hydrogens is 136 g/mol. The maximum atomic E-state index is 10.5. The first-order chi connectivity index (χ1) is 5.43. The van der Waals surface area contributed by atoms with Crippen LogP contribution in [0.2, 0.25) is 0 Å². The molecule has 1 fully saturated rings. The highest BCUT2D eigenvalue weighted by molar-refractivity contribution is 5.59. The number of hydrogen-bond acceptors (Lipinski definition) is 1. The highest BCUT2D eigenvalue weighted by atomic mass is 16.1. The quantitative estimate of drug-likeness (QED) is 0.519. The lowest BCUT2D eigenvalue weighted by Gasteiger charge is -1.93. The first-order valence-corrected chi connectivity index (χ1v) is 4.20. The van der Waals surface area contributed by atoms with E-state index in [-0.39, 0.29) is 0 Å². The van der Waals surface area contributed by atoms with Crippen molar-refractivity contribution in [2.24, 2.45) is 17.8 Å². The topological polar surface area (TPSA) is 17.1 Å². The maximum absolute atomic E-state index is 10.5. The molecule has 11 heavy (non-hydrogen) atoms. The number of carbonyl (C=O) groups excluding carboxylic acids is 1. The first-order valence-electron chi connectivity index (χ1n) is 4.20. The monoisotopic (exact) mass is 148 g/mol. The molecule has 0 heterocycles. The van der Waals surface area contributed by atoms with Crippen molar-refractivity contribution in [1.82, 2.24) is 0 Å². The van der Waals surface area contributed by atoms with Gasteiger partial charge in [0.05, 0.1) is 0 Å². The Balaban J connectivity index is 2.05. The number of hydrogen-bond donors (Lipinski definition) is 0. The molecule has 0 radical (unpaired) electrons. The molecule has 1 saturated carbocycles. The van der Waals surface area contributed by atoms with E-state index >= 15 is 0 Å². The third-order valence-electron chi connectivity index (χ3n) is 2.75. The van der Waals surface area contributed by atoms with Crippen LogP contribution in [0.5, 0.6) is 0 Å². The van der Waals surface area contributed by atoms with E-state index in [0.29, 0.717) is 17.8 Å². The highest BCUT2D eigenvalue weighted by Crippen LogP contribution is 2.50. The maximum Gasteiger partial charge on any atom is 0.123 e. The molecule has 1 nitrogen and oxygen atoms in total. The van der Waals surface area contributed by atoms with Crippen molar-refractivity contribution >= 4 is 6.29 Å². The summed E-state index contributed by atoms with van der Waals surface area (Å²) in [7, 11) is 0. The molecule has 58 valence electrons. The standard InChI is InChI=1S/C10H12O/c11-7-10-8-5-3-1-2-4-6-9(8)10/h1-4,7-10H,5-6H2/b3-1-,4-2-. The number of fused-ring (bicyclic) bond motifs is 1. The van der Waals surface area contributed by atoms with Gasteiger partial charge < -0.3 is 4.79 Å². The molecule has 2 rings (SSSR count). The van der Waals surface area contributed by atoms with Crippen molar-refractivity contribution < 1.29 is 4.79 Å². The molecule has 2 atom stereocenters. The molecule has 2 aliphatic rings. The molecule has 0 saturated heterocycles. The fourth-order valence-corrected chi connectivity index (χ4v) is 1.97. The van der Waals surface area contributed by atoms with Gasteiger partial charge in [-0.25, -0.2) is 0 Å². The number of carbonyl (C=O) groups is 1. The van der Waals surface area contributed by atoms with Crippen LogP contribution in [0.4, 0.5) is 0 Å². The van der Waals surface area contributed by atoms with Crippen molar-refractivity contribution in [3.05, 3.63) is 24.3 Å². The lowest BCUT2D eigenvalue weighted by molar-refractivity contribution is -0.109. The summed E-state index contributed by atoms with van der Waals surface area (Å²) in [6.45, 7) is 0. The van der Waals surface area contributed by atoms with Gasteiger partial charge in [-0.1, -0.05) is 24.3 Å². The van der Waals surface area contributed by atoms with Gasteiger partial charge in [-0.05, 0) is 24.7 Å². The van der Waals surface area contributed by atoms with E-state index in [1.54, 1.807) is 0 Å². The lowest BCUT2D eigenvalue weighted by Crippen LogP contribution is -1.80. The molecule has 0 N–H and O–H groups in total. The van der Waals surface area contributed by atoms with Gasteiger partial charge in [0.2, 0.25) is 0 Å². The fourth-order valence-electron chi connectivity index (χ4n) is 1.97. The molecule has 2 unspecified atom stereocenters. The van der Waals surface area contributed by atoms with Crippen molar-refractivity contribution in [3.63, 3.8) is 0 Å². The van der Waals surface area contributed by atoms with Crippen molar-refractivity contribution in [1.29, 1.82) is 0 Å². The zero-order valence-corrected chi connectivity index (χ0v) is 6.44. The van der Waals surface area contributed by atoms with Gasteiger partial charge in [-0.15, -0.1) is 0 Å². The molecule has 0 bridgehead atoms. The van der Waals surface area contributed by atoms with E-state index in [2.05, 4.69) is 24.3 Å². The average Bonchev–Trinajstić information content (AvgIpc) is 2.60. The molecule has 0 aromatic heterocycles. The van der Waals surface area contributed by atoms with Crippen LogP contribution in [0, 0.1) is 17.8 Å². The van der Waals surface area contributed by atoms with Crippen molar-refractivity contribution in [3.8, 4) is 0 Å². The molecule has 2 aliphatic carbocycles. The van der Waals surface area contributed by atoms with Gasteiger partial charge in [0, 0.05) is 5.92 Å². The zero-order chi connectivity index (χ0) is 7.68. The van der Waals surface area contributed by atoms with Crippen LogP contribution >= 0.6 is 0 Å². The third-order valence-corrected chi connectivity index (χ3v) is 2.75. The van der Waals surface area contributed by atoms with Crippen LogP contribution in [0.1, 0.15) is 12.8 Å². The second-order valence-corrected chi connectivity index (χ2v) is 3.37. The Hall–Kier alpha value is -0.850. The smallest absolute Gasteiger partial charge is 0.123 e. The second kappa shape index (κ2) is 2.65. The molecule has 0 aliphatic heterocycles. The van der Waals surface area contributed by atoms with Gasteiger partial charge in [-0.3, -0.25) is 0 Å². The van der Waals surface area contributed by atoms with Crippen LogP contribution in [0.25, 0.3) is 0 Å². The molecule has 0 aromatic carbocycles. The van der Waals surface area contributed by atoms with Gasteiger partial charge in [0.25, 0.3) is 0 Å². The minimum atomic E-state index is 0.363. The molecule has 0 amide bonds. The normalized spacial score (nSPS) is 46.4. The van der Waals surface area contributed by atoms with Crippen LogP contribution < -0.4 is 0 Å². The van der Waals surface area contributed by atoms with Crippen LogP contribution in [0.3, 0.4) is 0 Å². The summed E-state index contributed by atoms with van der Waals surface area (Å²) in [6.07, 6.45) is 11.8. The number of aldehydes is 1. The Morgan fingerprint density at radius 2 is 1.64 bits per heavy atom. The average molecular weight is 148 g/mol. The Kier molecular flexibility index (Phi) is 1.65. The minimum Gasteiger partial charge on any atom is -0.303 e. The van der Waals surface area contributed by atoms with Gasteiger partial charge in [0.1, 0.15) is 6.29 Å². The predicted octanol–water partition coefficient (Wildman–Crippen LogP) is 1.95. The van der Waals surface area contributed by atoms with Crippen LogP contribution in [-0.4, -0.2) is 6.29 Å². The zero-order valence-electron chi connectivity index (χ0n) is 6.44. The minimum absolute atomic E-state index is 0.363. The predicted molar refractivity (Wildman–Crippen MR) is 44.0 cm³/mol. The van der Waals surface area contributed by atoms with Gasteiger partial charge >= 0.3 is 0 Å². The second-order valence-electron chi connectivity index (χ2n) is 3.37. The Labute approximate surface area is 66.8 Å². The molecule has 0 aromatic rings. The summed E-state index contributed by atoms with van der Waals surface area (Å²) in [5.41, 5.74) is 0. The van der Waals surface area contributed by atoms with Gasteiger partial charge in [0.15, 0.2) is 0 Å². The first kappa shape index (κ1) is 6.84. The SMILES string of the molecule is O=CC1C2C/C=C\C=C/CC12. The summed E-state index contributed by atoms with van der Waals surface area (Å²) < 4.78 is 0. The molecule has 1 heteroatoms.